The van der Waals surface area contributed by atoms with Gasteiger partial charge in [0, 0.05) is 32.3 Å². The molecule has 0 unspecified atom stereocenters. The Morgan fingerprint density at radius 1 is 1.28 bits per heavy atom. The van der Waals surface area contributed by atoms with Gasteiger partial charge in [0.25, 0.3) is 0 Å². The molecule has 0 aliphatic carbocycles. The smallest absolute Gasteiger partial charge is 0.333 e. The molecule has 0 aromatic carbocycles. The number of carbonyl (C=O) groups excluding carboxylic acids is 1. The van der Waals surface area contributed by atoms with Gasteiger partial charge in [-0.2, -0.15) is 18.3 Å². The number of halogens is 3. The molecule has 0 bridgehead atoms. The van der Waals surface area contributed by atoms with Crippen LogP contribution in [0.3, 0.4) is 0 Å². The largest absolute Gasteiger partial charge is 0.451 e. The maximum Gasteiger partial charge on any atom is 0.451 e. The highest BCUT2D eigenvalue weighted by atomic mass is 19.4. The summed E-state index contributed by atoms with van der Waals surface area (Å²) >= 11 is 0. The van der Waals surface area contributed by atoms with Crippen molar-refractivity contribution in [2.75, 3.05) is 6.54 Å². The molecule has 1 aliphatic rings. The number of rotatable bonds is 4. The Morgan fingerprint density at radius 2 is 2.04 bits per heavy atom. The Kier molecular flexibility index (Phi) is 4.53. The van der Waals surface area contributed by atoms with E-state index in [1.165, 1.54) is 4.90 Å². The molecular formula is C15H19F3N6O. The summed E-state index contributed by atoms with van der Waals surface area (Å²) in [5.74, 6) is -0.939. The molecule has 3 heterocycles. The fourth-order valence-electron chi connectivity index (χ4n) is 2.95. The molecule has 1 amide bonds. The van der Waals surface area contributed by atoms with Gasteiger partial charge in [0.1, 0.15) is 0 Å². The highest BCUT2D eigenvalue weighted by Gasteiger charge is 2.39. The standard InChI is InChI=1S/C15H19F3N6O/c1-3-23-8-11(10(2)21-23)4-5-13(25)22-6-7-24-12(9-22)19-20-14(24)15(16,17)18/h8H,3-7,9H2,1-2H3. The Hall–Kier alpha value is -2.39. The molecule has 0 atom stereocenters. The summed E-state index contributed by atoms with van der Waals surface area (Å²) in [6.45, 7) is 4.97. The van der Waals surface area contributed by atoms with Crippen molar-refractivity contribution in [3.05, 3.63) is 29.1 Å². The first kappa shape index (κ1) is 17.4. The van der Waals surface area contributed by atoms with E-state index in [0.717, 1.165) is 22.4 Å². The molecule has 25 heavy (non-hydrogen) atoms. The normalized spacial score (nSPS) is 14.7. The van der Waals surface area contributed by atoms with Gasteiger partial charge in [0.15, 0.2) is 5.82 Å². The second-order valence-electron chi connectivity index (χ2n) is 6.00. The van der Waals surface area contributed by atoms with E-state index in [1.54, 1.807) is 0 Å². The summed E-state index contributed by atoms with van der Waals surface area (Å²) in [6.07, 6.45) is -1.77. The second-order valence-corrected chi connectivity index (χ2v) is 6.00. The number of aryl methyl sites for hydroxylation is 3. The van der Waals surface area contributed by atoms with Crippen LogP contribution in [0.2, 0.25) is 0 Å². The minimum atomic E-state index is -4.53. The summed E-state index contributed by atoms with van der Waals surface area (Å²) < 4.78 is 41.3. The van der Waals surface area contributed by atoms with Crippen molar-refractivity contribution in [2.45, 2.75) is 52.5 Å². The summed E-state index contributed by atoms with van der Waals surface area (Å²) in [7, 11) is 0. The third-order valence-corrected chi connectivity index (χ3v) is 4.34. The van der Waals surface area contributed by atoms with E-state index in [4.69, 9.17) is 0 Å². The van der Waals surface area contributed by atoms with Gasteiger partial charge in [-0.25, -0.2) is 0 Å². The molecule has 2 aromatic rings. The van der Waals surface area contributed by atoms with Crippen LogP contribution in [-0.2, 0) is 37.0 Å². The molecule has 2 aromatic heterocycles. The SMILES string of the molecule is CCn1cc(CCC(=O)N2CCn3c(nnc3C(F)(F)F)C2)c(C)n1. The highest BCUT2D eigenvalue weighted by Crippen LogP contribution is 2.29. The number of amides is 1. The average molecular weight is 356 g/mol. The van der Waals surface area contributed by atoms with E-state index in [0.29, 0.717) is 6.42 Å². The van der Waals surface area contributed by atoms with Crippen LogP contribution in [0.25, 0.3) is 0 Å². The quantitative estimate of drug-likeness (QED) is 0.838. The molecule has 10 heteroatoms. The second kappa shape index (κ2) is 6.49. The van der Waals surface area contributed by atoms with Crippen molar-refractivity contribution < 1.29 is 18.0 Å². The number of hydrogen-bond donors (Lipinski definition) is 0. The van der Waals surface area contributed by atoms with Gasteiger partial charge in [-0.3, -0.25) is 9.48 Å². The van der Waals surface area contributed by atoms with E-state index in [-0.39, 0.29) is 37.8 Å². The summed E-state index contributed by atoms with van der Waals surface area (Å²) in [4.78, 5) is 13.9. The third kappa shape index (κ3) is 3.52. The lowest BCUT2D eigenvalue weighted by molar-refractivity contribution is -0.148. The number of nitrogens with zero attached hydrogens (tertiary/aromatic N) is 6. The van der Waals surface area contributed by atoms with E-state index < -0.39 is 12.0 Å². The molecule has 136 valence electrons. The monoisotopic (exact) mass is 356 g/mol. The predicted molar refractivity (Wildman–Crippen MR) is 81.4 cm³/mol. The number of fused-ring (bicyclic) bond motifs is 1. The van der Waals surface area contributed by atoms with Crippen LogP contribution in [0, 0.1) is 6.92 Å². The zero-order valence-corrected chi connectivity index (χ0v) is 14.0. The molecule has 3 rings (SSSR count). The zero-order valence-electron chi connectivity index (χ0n) is 14.0. The maximum atomic E-state index is 12.8. The molecule has 0 saturated heterocycles. The van der Waals surface area contributed by atoms with Gasteiger partial charge in [-0.05, 0) is 25.8 Å². The number of aromatic nitrogens is 5. The molecule has 0 spiro atoms. The van der Waals surface area contributed by atoms with Crippen molar-refractivity contribution in [1.82, 2.24) is 29.4 Å². The Bertz CT molecular complexity index is 779. The number of carbonyl (C=O) groups is 1. The Balaban J connectivity index is 1.63. The van der Waals surface area contributed by atoms with Crippen molar-refractivity contribution in [1.29, 1.82) is 0 Å². The van der Waals surface area contributed by atoms with Crippen LogP contribution in [-0.4, -0.2) is 41.9 Å². The summed E-state index contributed by atoms with van der Waals surface area (Å²) in [5, 5.41) is 11.1. The van der Waals surface area contributed by atoms with Gasteiger partial charge in [-0.1, -0.05) is 0 Å². The zero-order chi connectivity index (χ0) is 18.2. The lowest BCUT2D eigenvalue weighted by atomic mass is 10.1. The van der Waals surface area contributed by atoms with Crippen LogP contribution in [0.4, 0.5) is 13.2 Å². The first-order chi connectivity index (χ1) is 11.8. The molecule has 0 N–H and O–H groups in total. The van der Waals surface area contributed by atoms with Gasteiger partial charge in [-0.15, -0.1) is 10.2 Å². The van der Waals surface area contributed by atoms with Crippen molar-refractivity contribution in [3.63, 3.8) is 0 Å². The van der Waals surface area contributed by atoms with Crippen LogP contribution >= 0.6 is 0 Å². The molecule has 1 aliphatic heterocycles. The van der Waals surface area contributed by atoms with Gasteiger partial charge >= 0.3 is 6.18 Å². The average Bonchev–Trinajstić information content (AvgIpc) is 3.14. The number of hydrogen-bond acceptors (Lipinski definition) is 4. The van der Waals surface area contributed by atoms with E-state index >= 15 is 0 Å². The van der Waals surface area contributed by atoms with Crippen LogP contribution < -0.4 is 0 Å². The maximum absolute atomic E-state index is 12.8. The van der Waals surface area contributed by atoms with E-state index in [2.05, 4.69) is 15.3 Å². The number of alkyl halides is 3. The predicted octanol–water partition coefficient (Wildman–Crippen LogP) is 1.80. The Labute approximate surface area is 142 Å². The van der Waals surface area contributed by atoms with E-state index in [9.17, 15) is 18.0 Å². The van der Waals surface area contributed by atoms with Gasteiger partial charge < -0.3 is 9.47 Å². The van der Waals surface area contributed by atoms with Crippen LogP contribution in [0.5, 0.6) is 0 Å². The van der Waals surface area contributed by atoms with Gasteiger partial charge in [0.05, 0.1) is 12.2 Å². The summed E-state index contributed by atoms with van der Waals surface area (Å²) in [6, 6.07) is 0. The Morgan fingerprint density at radius 3 is 2.68 bits per heavy atom. The minimum Gasteiger partial charge on any atom is -0.333 e. The first-order valence-corrected chi connectivity index (χ1v) is 8.09. The molecule has 7 nitrogen and oxygen atoms in total. The molecule has 0 fully saturated rings. The molecule has 0 saturated carbocycles. The van der Waals surface area contributed by atoms with Crippen molar-refractivity contribution >= 4 is 5.91 Å². The van der Waals surface area contributed by atoms with Crippen LogP contribution in [0.15, 0.2) is 6.20 Å². The fraction of sp³-hybridized carbons (Fsp3) is 0.600. The molecule has 0 radical (unpaired) electrons. The third-order valence-electron chi connectivity index (χ3n) is 4.34. The first-order valence-electron chi connectivity index (χ1n) is 8.09. The topological polar surface area (TPSA) is 68.8 Å². The van der Waals surface area contributed by atoms with Crippen molar-refractivity contribution in [3.8, 4) is 0 Å². The van der Waals surface area contributed by atoms with Crippen LogP contribution in [0.1, 0.15) is 36.3 Å². The summed E-state index contributed by atoms with van der Waals surface area (Å²) in [5.41, 5.74) is 1.90. The van der Waals surface area contributed by atoms with E-state index in [1.807, 2.05) is 24.7 Å². The van der Waals surface area contributed by atoms with Gasteiger partial charge in [0.2, 0.25) is 11.7 Å². The van der Waals surface area contributed by atoms with Crippen molar-refractivity contribution in [2.24, 2.45) is 0 Å². The fourth-order valence-corrected chi connectivity index (χ4v) is 2.95. The molecular weight excluding hydrogens is 337 g/mol. The lowest BCUT2D eigenvalue weighted by Gasteiger charge is -2.28. The lowest BCUT2D eigenvalue weighted by Crippen LogP contribution is -2.39. The highest BCUT2D eigenvalue weighted by molar-refractivity contribution is 5.76. The minimum absolute atomic E-state index is 0.0507.